The molecular weight excluding hydrogens is 442 g/mol. The average molecular weight is 463 g/mol. The maximum atomic E-state index is 13.8. The van der Waals surface area contributed by atoms with Crippen molar-refractivity contribution in [1.82, 2.24) is 15.1 Å². The van der Waals surface area contributed by atoms with Crippen molar-refractivity contribution in [2.24, 2.45) is 0 Å². The first kappa shape index (κ1) is 24.1. The minimum Gasteiger partial charge on any atom is -0.388 e. The molecule has 2 N–H and O–H groups in total. The highest BCUT2D eigenvalue weighted by atomic mass is 19.4. The Hall–Kier alpha value is -3.53. The number of hydrogen-bond acceptors (Lipinski definition) is 4. The van der Waals surface area contributed by atoms with E-state index in [0.717, 1.165) is 47.1 Å². The predicted octanol–water partition coefficient (Wildman–Crippen LogP) is 3.95. The second-order valence-electron chi connectivity index (χ2n) is 8.06. The zero-order valence-corrected chi connectivity index (χ0v) is 17.9. The molecule has 1 heterocycles. The highest BCUT2D eigenvalue weighted by molar-refractivity contribution is 5.95. The van der Waals surface area contributed by atoms with E-state index in [9.17, 15) is 32.3 Å². The molecule has 0 fully saturated rings. The van der Waals surface area contributed by atoms with Crippen LogP contribution < -0.4 is 10.9 Å². The molecule has 0 aliphatic rings. The zero-order chi connectivity index (χ0) is 24.6. The van der Waals surface area contributed by atoms with E-state index >= 15 is 0 Å². The number of aliphatic hydroxyl groups is 1. The van der Waals surface area contributed by atoms with Gasteiger partial charge in [0.2, 0.25) is 0 Å². The van der Waals surface area contributed by atoms with Gasteiger partial charge in [-0.05, 0) is 57.2 Å². The number of rotatable bonds is 5. The van der Waals surface area contributed by atoms with Crippen molar-refractivity contribution in [1.29, 1.82) is 0 Å². The minimum atomic E-state index is -4.54. The molecule has 0 saturated heterocycles. The van der Waals surface area contributed by atoms with Gasteiger partial charge in [0, 0.05) is 5.56 Å². The first-order chi connectivity index (χ1) is 15.3. The number of amides is 1. The summed E-state index contributed by atoms with van der Waals surface area (Å²) in [7, 11) is 0. The van der Waals surface area contributed by atoms with Crippen LogP contribution in [0.2, 0.25) is 0 Å². The van der Waals surface area contributed by atoms with Gasteiger partial charge in [0.05, 0.1) is 28.6 Å². The van der Waals surface area contributed by atoms with E-state index in [1.165, 1.54) is 26.0 Å². The number of alkyl halides is 3. The van der Waals surface area contributed by atoms with Crippen LogP contribution in [0.15, 0.2) is 59.4 Å². The summed E-state index contributed by atoms with van der Waals surface area (Å²) >= 11 is 0. The van der Waals surface area contributed by atoms with Gasteiger partial charge in [0.15, 0.2) is 0 Å². The molecule has 1 amide bonds. The van der Waals surface area contributed by atoms with Gasteiger partial charge < -0.3 is 10.4 Å². The van der Waals surface area contributed by atoms with E-state index in [0.29, 0.717) is 0 Å². The van der Waals surface area contributed by atoms with Gasteiger partial charge in [-0.1, -0.05) is 18.2 Å². The van der Waals surface area contributed by atoms with Crippen LogP contribution in [0.25, 0.3) is 16.9 Å². The Kier molecular flexibility index (Phi) is 6.42. The number of nitrogens with zero attached hydrogens (tertiary/aromatic N) is 2. The summed E-state index contributed by atoms with van der Waals surface area (Å²) in [6, 6.07) is 9.37. The van der Waals surface area contributed by atoms with E-state index < -0.39 is 40.7 Å². The molecule has 0 aliphatic heterocycles. The second-order valence-corrected chi connectivity index (χ2v) is 8.06. The van der Waals surface area contributed by atoms with Crippen molar-refractivity contribution >= 4 is 5.91 Å². The third-order valence-corrected chi connectivity index (χ3v) is 5.12. The molecule has 0 spiro atoms. The third kappa shape index (κ3) is 5.46. The number of aromatic nitrogens is 2. The fourth-order valence-electron chi connectivity index (χ4n) is 2.86. The van der Waals surface area contributed by atoms with Crippen molar-refractivity contribution < 1.29 is 27.5 Å². The molecule has 2 aromatic carbocycles. The van der Waals surface area contributed by atoms with Gasteiger partial charge in [0.25, 0.3) is 11.5 Å². The molecule has 0 unspecified atom stereocenters. The Bertz CT molecular complexity index is 1230. The van der Waals surface area contributed by atoms with Crippen molar-refractivity contribution in [3.8, 4) is 16.9 Å². The quantitative estimate of drug-likeness (QED) is 0.562. The monoisotopic (exact) mass is 463 g/mol. The van der Waals surface area contributed by atoms with Crippen LogP contribution in [0.1, 0.15) is 36.7 Å². The molecule has 0 aliphatic carbocycles. The molecule has 0 saturated carbocycles. The second kappa shape index (κ2) is 8.78. The largest absolute Gasteiger partial charge is 0.416 e. The SMILES string of the molecule is C[C@H](NC(=O)c1cc(-c2ccc(C(F)(F)F)cc2)nn(-c2cccc(F)c2)c1=O)C(C)(C)O. The smallest absolute Gasteiger partial charge is 0.388 e. The predicted molar refractivity (Wildman–Crippen MR) is 113 cm³/mol. The van der Waals surface area contributed by atoms with Crippen molar-refractivity contribution in [2.45, 2.75) is 38.6 Å². The van der Waals surface area contributed by atoms with Gasteiger partial charge in [-0.3, -0.25) is 9.59 Å². The van der Waals surface area contributed by atoms with Crippen LogP contribution in [-0.4, -0.2) is 32.4 Å². The van der Waals surface area contributed by atoms with Crippen LogP contribution >= 0.6 is 0 Å². The highest BCUT2D eigenvalue weighted by Gasteiger charge is 2.30. The molecule has 3 rings (SSSR count). The van der Waals surface area contributed by atoms with Crippen LogP contribution in [0.4, 0.5) is 17.6 Å². The summed E-state index contributed by atoms with van der Waals surface area (Å²) in [5.74, 6) is -1.47. The Morgan fingerprint density at radius 2 is 1.73 bits per heavy atom. The lowest BCUT2D eigenvalue weighted by Gasteiger charge is -2.26. The highest BCUT2D eigenvalue weighted by Crippen LogP contribution is 2.30. The molecule has 0 bridgehead atoms. The Labute approximate surface area is 186 Å². The van der Waals surface area contributed by atoms with E-state index in [4.69, 9.17) is 0 Å². The van der Waals surface area contributed by atoms with Crippen LogP contribution in [-0.2, 0) is 6.18 Å². The van der Waals surface area contributed by atoms with Crippen LogP contribution in [0.3, 0.4) is 0 Å². The summed E-state index contributed by atoms with van der Waals surface area (Å²) < 4.78 is 53.3. The Morgan fingerprint density at radius 1 is 1.09 bits per heavy atom. The molecule has 0 radical (unpaired) electrons. The molecule has 6 nitrogen and oxygen atoms in total. The van der Waals surface area contributed by atoms with Gasteiger partial charge in [0.1, 0.15) is 11.4 Å². The number of halogens is 4. The average Bonchev–Trinajstić information content (AvgIpc) is 2.72. The molecule has 1 atom stereocenters. The number of benzene rings is 2. The summed E-state index contributed by atoms with van der Waals surface area (Å²) in [5.41, 5.74) is -3.15. The molecule has 33 heavy (non-hydrogen) atoms. The number of carbonyl (C=O) groups excluding carboxylic acids is 1. The van der Waals surface area contributed by atoms with Crippen molar-refractivity contribution in [2.75, 3.05) is 0 Å². The Balaban J connectivity index is 2.16. The fraction of sp³-hybridized carbons (Fsp3) is 0.261. The topological polar surface area (TPSA) is 84.2 Å². The van der Waals surface area contributed by atoms with Crippen molar-refractivity contribution in [3.05, 3.63) is 81.9 Å². The van der Waals surface area contributed by atoms with E-state index in [-0.39, 0.29) is 22.5 Å². The lowest BCUT2D eigenvalue weighted by atomic mass is 10.0. The lowest BCUT2D eigenvalue weighted by Crippen LogP contribution is -2.48. The van der Waals surface area contributed by atoms with E-state index in [1.807, 2.05) is 0 Å². The zero-order valence-electron chi connectivity index (χ0n) is 17.9. The van der Waals surface area contributed by atoms with Gasteiger partial charge >= 0.3 is 6.18 Å². The summed E-state index contributed by atoms with van der Waals surface area (Å²) in [4.78, 5) is 25.9. The van der Waals surface area contributed by atoms with E-state index in [2.05, 4.69) is 10.4 Å². The van der Waals surface area contributed by atoms with Gasteiger partial charge in [-0.25, -0.2) is 4.39 Å². The van der Waals surface area contributed by atoms with Gasteiger partial charge in [-0.2, -0.15) is 23.0 Å². The van der Waals surface area contributed by atoms with Crippen LogP contribution in [0, 0.1) is 5.82 Å². The first-order valence-corrected chi connectivity index (χ1v) is 9.88. The van der Waals surface area contributed by atoms with Gasteiger partial charge in [-0.15, -0.1) is 0 Å². The number of hydrogen-bond donors (Lipinski definition) is 2. The molecule has 10 heteroatoms. The maximum Gasteiger partial charge on any atom is 0.416 e. The van der Waals surface area contributed by atoms with Crippen molar-refractivity contribution in [3.63, 3.8) is 0 Å². The summed E-state index contributed by atoms with van der Waals surface area (Å²) in [6.07, 6.45) is -4.54. The van der Waals surface area contributed by atoms with Crippen LogP contribution in [0.5, 0.6) is 0 Å². The summed E-state index contributed by atoms with van der Waals surface area (Å²) in [6.45, 7) is 4.49. The normalized spacial score (nSPS) is 13.0. The Morgan fingerprint density at radius 3 is 2.27 bits per heavy atom. The molecular formula is C23H21F4N3O3. The molecule has 174 valence electrons. The minimum absolute atomic E-state index is 0.0219. The maximum absolute atomic E-state index is 13.8. The third-order valence-electron chi connectivity index (χ3n) is 5.12. The lowest BCUT2D eigenvalue weighted by molar-refractivity contribution is -0.137. The molecule has 1 aromatic heterocycles. The first-order valence-electron chi connectivity index (χ1n) is 9.88. The van der Waals surface area contributed by atoms with E-state index in [1.54, 1.807) is 6.92 Å². The molecule has 3 aromatic rings. The fourth-order valence-corrected chi connectivity index (χ4v) is 2.86. The number of nitrogens with one attached hydrogen (secondary N) is 1. The standard InChI is InChI=1S/C23H21F4N3O3/c1-13(22(2,3)33)28-20(31)18-12-19(14-7-9-15(10-8-14)23(25,26)27)29-30(21(18)32)17-6-4-5-16(24)11-17/h4-13,33H,1-3H3,(H,28,31)/t13-/m0/s1. The number of carbonyl (C=O) groups is 1. The summed E-state index contributed by atoms with van der Waals surface area (Å²) in [5, 5.41) is 16.8.